The first kappa shape index (κ1) is 14.3. The minimum absolute atomic E-state index is 0.285. The minimum atomic E-state index is -0.285. The monoisotopic (exact) mass is 283 g/mol. The fraction of sp³-hybridized carbons (Fsp3) is 0.692. The molecule has 0 atom stereocenters. The van der Waals surface area contributed by atoms with Crippen molar-refractivity contribution >= 4 is 22.5 Å². The summed E-state index contributed by atoms with van der Waals surface area (Å²) in [6.07, 6.45) is 2.62. The molecule has 1 fully saturated rings. The largest absolute Gasteiger partial charge is 0.462 e. The van der Waals surface area contributed by atoms with E-state index >= 15 is 0 Å². The second-order valence-corrected chi connectivity index (χ2v) is 5.60. The molecule has 0 unspecified atom stereocenters. The van der Waals surface area contributed by atoms with Crippen LogP contribution in [0.3, 0.4) is 0 Å². The molecule has 1 N–H and O–H groups in total. The van der Waals surface area contributed by atoms with Crippen molar-refractivity contribution < 1.29 is 9.53 Å². The first-order valence-electron chi connectivity index (χ1n) is 6.71. The zero-order chi connectivity index (χ0) is 13.8. The topological polar surface area (TPSA) is 54.5 Å². The Morgan fingerprint density at radius 1 is 1.58 bits per heavy atom. The molecule has 0 bridgehead atoms. The third-order valence-corrected chi connectivity index (χ3v) is 4.16. The van der Waals surface area contributed by atoms with E-state index in [4.69, 9.17) is 4.74 Å². The molecule has 1 heterocycles. The summed E-state index contributed by atoms with van der Waals surface area (Å²) in [6.45, 7) is 5.83. The molecule has 106 valence electrons. The fourth-order valence-corrected chi connectivity index (χ4v) is 2.79. The number of hydrogen-bond acceptors (Lipinski definition) is 6. The van der Waals surface area contributed by atoms with Crippen LogP contribution in [0.1, 0.15) is 35.8 Å². The Morgan fingerprint density at radius 3 is 2.95 bits per heavy atom. The summed E-state index contributed by atoms with van der Waals surface area (Å²) in [5, 5.41) is 4.12. The van der Waals surface area contributed by atoms with Gasteiger partial charge in [-0.25, -0.2) is 4.79 Å². The Bertz CT molecular complexity index is 443. The van der Waals surface area contributed by atoms with E-state index in [1.54, 1.807) is 0 Å². The van der Waals surface area contributed by atoms with Gasteiger partial charge in [0.05, 0.1) is 12.3 Å². The average molecular weight is 283 g/mol. The fourth-order valence-electron chi connectivity index (χ4n) is 1.98. The number of likely N-dealkylation sites (N-methyl/N-ethyl adjacent to an activating group) is 1. The summed E-state index contributed by atoms with van der Waals surface area (Å²) in [7, 11) is 2.14. The molecule has 5 nitrogen and oxygen atoms in total. The molecule has 1 aromatic heterocycles. The van der Waals surface area contributed by atoms with Crippen LogP contribution in [0.5, 0.6) is 0 Å². The van der Waals surface area contributed by atoms with Crippen LogP contribution in [-0.2, 0) is 4.74 Å². The predicted molar refractivity (Wildman–Crippen MR) is 76.9 cm³/mol. The summed E-state index contributed by atoms with van der Waals surface area (Å²) < 4.78 is 9.29. The van der Waals surface area contributed by atoms with E-state index in [-0.39, 0.29) is 5.97 Å². The molecule has 0 radical (unpaired) electrons. The van der Waals surface area contributed by atoms with Gasteiger partial charge in [-0.3, -0.25) is 0 Å². The molecule has 0 aromatic carbocycles. The summed E-state index contributed by atoms with van der Waals surface area (Å²) in [4.78, 5) is 14.2. The number of aromatic nitrogens is 1. The van der Waals surface area contributed by atoms with Gasteiger partial charge >= 0.3 is 5.97 Å². The van der Waals surface area contributed by atoms with Crippen molar-refractivity contribution in [3.8, 4) is 0 Å². The summed E-state index contributed by atoms with van der Waals surface area (Å²) in [5.41, 5.74) is 1.32. The number of aryl methyl sites for hydroxylation is 1. The number of rotatable bonds is 7. The number of ether oxygens (including phenoxy) is 1. The molecular formula is C13H21N3O2S. The van der Waals surface area contributed by atoms with Crippen molar-refractivity contribution in [2.45, 2.75) is 32.7 Å². The first-order chi connectivity index (χ1) is 9.13. The lowest BCUT2D eigenvalue weighted by Crippen LogP contribution is -2.27. The number of hydrogen-bond donors (Lipinski definition) is 1. The van der Waals surface area contributed by atoms with E-state index in [2.05, 4.69) is 21.6 Å². The van der Waals surface area contributed by atoms with E-state index in [0.717, 1.165) is 29.8 Å². The molecule has 1 aliphatic rings. The SMILES string of the molecule is CCOC(=O)c1c(C)nsc1NCCN(C)C1CC1. The quantitative estimate of drug-likeness (QED) is 0.777. The summed E-state index contributed by atoms with van der Waals surface area (Å²) >= 11 is 1.33. The second kappa shape index (κ2) is 6.34. The van der Waals surface area contributed by atoms with Crippen molar-refractivity contribution in [2.75, 3.05) is 32.1 Å². The van der Waals surface area contributed by atoms with Gasteiger partial charge in [-0.05, 0) is 45.3 Å². The van der Waals surface area contributed by atoms with E-state index in [0.29, 0.717) is 12.2 Å². The number of nitrogens with zero attached hydrogens (tertiary/aromatic N) is 2. The van der Waals surface area contributed by atoms with Gasteiger partial charge in [-0.2, -0.15) is 4.37 Å². The van der Waals surface area contributed by atoms with Crippen molar-refractivity contribution in [2.24, 2.45) is 0 Å². The van der Waals surface area contributed by atoms with Crippen LogP contribution in [0.25, 0.3) is 0 Å². The number of esters is 1. The molecule has 6 heteroatoms. The second-order valence-electron chi connectivity index (χ2n) is 4.83. The third kappa shape index (κ3) is 3.67. The molecule has 19 heavy (non-hydrogen) atoms. The molecule has 1 aliphatic carbocycles. The van der Waals surface area contributed by atoms with Crippen LogP contribution >= 0.6 is 11.5 Å². The van der Waals surface area contributed by atoms with Gasteiger partial charge in [-0.1, -0.05) is 0 Å². The smallest absolute Gasteiger partial charge is 0.343 e. The van der Waals surface area contributed by atoms with E-state index in [9.17, 15) is 4.79 Å². The van der Waals surface area contributed by atoms with Gasteiger partial charge in [0.15, 0.2) is 0 Å². The lowest BCUT2D eigenvalue weighted by Gasteiger charge is -2.15. The standard InChI is InChI=1S/C13H21N3O2S/c1-4-18-13(17)11-9(2)15-19-12(11)14-7-8-16(3)10-5-6-10/h10,14H,4-8H2,1-3H3. The Morgan fingerprint density at radius 2 is 2.32 bits per heavy atom. The van der Waals surface area contributed by atoms with Gasteiger partial charge in [-0.15, -0.1) is 0 Å². The molecule has 2 rings (SSSR count). The third-order valence-electron chi connectivity index (χ3n) is 3.26. The van der Waals surface area contributed by atoms with Gasteiger partial charge in [0.25, 0.3) is 0 Å². The highest BCUT2D eigenvalue weighted by Crippen LogP contribution is 2.26. The Labute approximate surface area is 118 Å². The lowest BCUT2D eigenvalue weighted by atomic mass is 10.2. The molecule has 0 saturated heterocycles. The van der Waals surface area contributed by atoms with Crippen LogP contribution in [0, 0.1) is 6.92 Å². The van der Waals surface area contributed by atoms with Crippen molar-refractivity contribution in [3.05, 3.63) is 11.3 Å². The molecule has 1 aromatic rings. The maximum Gasteiger partial charge on any atom is 0.343 e. The zero-order valence-electron chi connectivity index (χ0n) is 11.7. The average Bonchev–Trinajstić information content (AvgIpc) is 3.15. The molecule has 0 spiro atoms. The highest BCUT2D eigenvalue weighted by atomic mass is 32.1. The van der Waals surface area contributed by atoms with Crippen LogP contribution < -0.4 is 5.32 Å². The van der Waals surface area contributed by atoms with Crippen LogP contribution in [-0.4, -0.2) is 48.0 Å². The number of carbonyl (C=O) groups is 1. The molecule has 0 amide bonds. The minimum Gasteiger partial charge on any atom is -0.462 e. The van der Waals surface area contributed by atoms with E-state index in [1.807, 2.05) is 13.8 Å². The molecular weight excluding hydrogens is 262 g/mol. The maximum atomic E-state index is 11.9. The Balaban J connectivity index is 1.90. The van der Waals surface area contributed by atoms with Crippen LogP contribution in [0.4, 0.5) is 5.00 Å². The van der Waals surface area contributed by atoms with Gasteiger partial charge in [0, 0.05) is 19.1 Å². The normalized spacial score (nSPS) is 14.7. The van der Waals surface area contributed by atoms with Crippen molar-refractivity contribution in [1.82, 2.24) is 9.27 Å². The zero-order valence-corrected chi connectivity index (χ0v) is 12.5. The van der Waals surface area contributed by atoms with Gasteiger partial charge in [0.1, 0.15) is 10.6 Å². The number of nitrogens with one attached hydrogen (secondary N) is 1. The van der Waals surface area contributed by atoms with Gasteiger partial charge in [0.2, 0.25) is 0 Å². The van der Waals surface area contributed by atoms with Gasteiger partial charge < -0.3 is 15.0 Å². The maximum absolute atomic E-state index is 11.9. The Kier molecular flexibility index (Phi) is 4.76. The van der Waals surface area contributed by atoms with Crippen molar-refractivity contribution in [3.63, 3.8) is 0 Å². The van der Waals surface area contributed by atoms with Crippen LogP contribution in [0.15, 0.2) is 0 Å². The molecule has 1 saturated carbocycles. The van der Waals surface area contributed by atoms with E-state index in [1.165, 1.54) is 24.4 Å². The summed E-state index contributed by atoms with van der Waals surface area (Å²) in [6, 6.07) is 0.759. The first-order valence-corrected chi connectivity index (χ1v) is 7.48. The van der Waals surface area contributed by atoms with E-state index < -0.39 is 0 Å². The lowest BCUT2D eigenvalue weighted by molar-refractivity contribution is 0.0527. The molecule has 0 aliphatic heterocycles. The van der Waals surface area contributed by atoms with Crippen molar-refractivity contribution in [1.29, 1.82) is 0 Å². The van der Waals surface area contributed by atoms with Crippen LogP contribution in [0.2, 0.25) is 0 Å². The highest BCUT2D eigenvalue weighted by Gasteiger charge is 2.25. The Hall–Kier alpha value is -1.14. The highest BCUT2D eigenvalue weighted by molar-refractivity contribution is 7.10. The number of carbonyl (C=O) groups excluding carboxylic acids is 1. The predicted octanol–water partition coefficient (Wildman–Crippen LogP) is 2.13. The summed E-state index contributed by atoms with van der Waals surface area (Å²) in [5.74, 6) is -0.285. The number of anilines is 1.